The van der Waals surface area contributed by atoms with Crippen LogP contribution in [-0.2, 0) is 0 Å². The van der Waals surface area contributed by atoms with E-state index in [1.54, 1.807) is 12.3 Å². The van der Waals surface area contributed by atoms with E-state index in [2.05, 4.69) is 4.98 Å². The Balaban J connectivity index is 2.35. The molecule has 1 aromatic rings. The van der Waals surface area contributed by atoms with Gasteiger partial charge in [0.15, 0.2) is 6.29 Å². The summed E-state index contributed by atoms with van der Waals surface area (Å²) in [5.74, 6) is 0. The van der Waals surface area contributed by atoms with E-state index in [0.29, 0.717) is 12.1 Å². The van der Waals surface area contributed by atoms with Gasteiger partial charge in [0, 0.05) is 24.5 Å². The number of carboxylic acid groups (broad SMARTS) is 1. The molecule has 2 rings (SSSR count). The van der Waals surface area contributed by atoms with Crippen molar-refractivity contribution in [2.75, 3.05) is 6.54 Å². The molecule has 5 nitrogen and oxygen atoms in total. The topological polar surface area (TPSA) is 70.5 Å². The zero-order valence-electron chi connectivity index (χ0n) is 9.37. The van der Waals surface area contributed by atoms with Crippen LogP contribution in [0.3, 0.4) is 0 Å². The number of rotatable bonds is 2. The number of carbonyl (C=O) groups is 2. The molecule has 17 heavy (non-hydrogen) atoms. The summed E-state index contributed by atoms with van der Waals surface area (Å²) in [7, 11) is 0. The molecule has 1 unspecified atom stereocenters. The second kappa shape index (κ2) is 4.95. The van der Waals surface area contributed by atoms with Gasteiger partial charge in [-0.1, -0.05) is 0 Å². The highest BCUT2D eigenvalue weighted by molar-refractivity contribution is 5.77. The molecule has 2 heterocycles. The van der Waals surface area contributed by atoms with Crippen LogP contribution in [0.2, 0.25) is 0 Å². The second-order valence-electron chi connectivity index (χ2n) is 4.11. The van der Waals surface area contributed by atoms with E-state index in [1.165, 1.54) is 11.1 Å². The van der Waals surface area contributed by atoms with Crippen molar-refractivity contribution in [3.8, 4) is 0 Å². The summed E-state index contributed by atoms with van der Waals surface area (Å²) in [4.78, 5) is 27.4. The van der Waals surface area contributed by atoms with Gasteiger partial charge in [0.2, 0.25) is 0 Å². The maximum atomic E-state index is 11.2. The quantitative estimate of drug-likeness (QED) is 0.795. The number of carbonyl (C=O) groups excluding carboxylic acids is 1. The third-order valence-electron chi connectivity index (χ3n) is 3.12. The van der Waals surface area contributed by atoms with Crippen LogP contribution in [-0.4, -0.2) is 33.9 Å². The second-order valence-corrected chi connectivity index (χ2v) is 4.11. The smallest absolute Gasteiger partial charge is 0.407 e. The van der Waals surface area contributed by atoms with E-state index < -0.39 is 6.09 Å². The molecule has 0 saturated carbocycles. The maximum absolute atomic E-state index is 11.2. The standard InChI is InChI=1S/C12H14N2O3/c15-8-9-7-13-5-4-10(9)11-3-1-2-6-14(11)12(16)17/h4-5,7-8,11H,1-3,6H2,(H,16,17). The van der Waals surface area contributed by atoms with Crippen molar-refractivity contribution in [2.45, 2.75) is 25.3 Å². The van der Waals surface area contributed by atoms with E-state index in [1.807, 2.05) is 0 Å². The zero-order valence-corrected chi connectivity index (χ0v) is 9.37. The van der Waals surface area contributed by atoms with Gasteiger partial charge in [-0.3, -0.25) is 9.78 Å². The molecule has 0 radical (unpaired) electrons. The summed E-state index contributed by atoms with van der Waals surface area (Å²) in [5.41, 5.74) is 1.24. The minimum atomic E-state index is -0.927. The Kier molecular flexibility index (Phi) is 3.37. The number of hydrogen-bond acceptors (Lipinski definition) is 3. The molecule has 5 heteroatoms. The van der Waals surface area contributed by atoms with Gasteiger partial charge >= 0.3 is 6.09 Å². The number of amides is 1. The lowest BCUT2D eigenvalue weighted by Gasteiger charge is -2.34. The Morgan fingerprint density at radius 2 is 2.35 bits per heavy atom. The molecule has 1 aliphatic rings. The fourth-order valence-corrected chi connectivity index (χ4v) is 2.30. The molecule has 0 bridgehead atoms. The summed E-state index contributed by atoms with van der Waals surface area (Å²) in [6.45, 7) is 0.528. The molecular formula is C12H14N2O3. The molecular weight excluding hydrogens is 220 g/mol. The van der Waals surface area contributed by atoms with Crippen molar-refractivity contribution in [2.24, 2.45) is 0 Å². The lowest BCUT2D eigenvalue weighted by atomic mass is 9.93. The molecule has 90 valence electrons. The van der Waals surface area contributed by atoms with Gasteiger partial charge in [-0.05, 0) is 30.9 Å². The number of likely N-dealkylation sites (tertiary alicyclic amines) is 1. The molecule has 1 aliphatic heterocycles. The van der Waals surface area contributed by atoms with E-state index >= 15 is 0 Å². The highest BCUT2D eigenvalue weighted by Crippen LogP contribution is 2.31. The monoisotopic (exact) mass is 234 g/mol. The summed E-state index contributed by atoms with van der Waals surface area (Å²) in [5, 5.41) is 9.16. The highest BCUT2D eigenvalue weighted by atomic mass is 16.4. The maximum Gasteiger partial charge on any atom is 0.407 e. The van der Waals surface area contributed by atoms with E-state index in [0.717, 1.165) is 31.1 Å². The minimum Gasteiger partial charge on any atom is -0.465 e. The Bertz CT molecular complexity index is 434. The van der Waals surface area contributed by atoms with Crippen LogP contribution >= 0.6 is 0 Å². The van der Waals surface area contributed by atoms with Gasteiger partial charge in [0.05, 0.1) is 6.04 Å². The number of piperidine rings is 1. The molecule has 1 amide bonds. The Hall–Kier alpha value is -1.91. The number of pyridine rings is 1. The SMILES string of the molecule is O=Cc1cnccc1C1CCCCN1C(=O)O. The zero-order chi connectivity index (χ0) is 12.3. The van der Waals surface area contributed by atoms with Crippen molar-refractivity contribution >= 4 is 12.4 Å². The first-order valence-corrected chi connectivity index (χ1v) is 5.62. The predicted octanol–water partition coefficient (Wildman–Crippen LogP) is 2.10. The molecule has 0 aromatic carbocycles. The largest absolute Gasteiger partial charge is 0.465 e. The van der Waals surface area contributed by atoms with Crippen LogP contribution in [0.1, 0.15) is 41.2 Å². The van der Waals surface area contributed by atoms with Crippen LogP contribution in [0.25, 0.3) is 0 Å². The number of hydrogen-bond donors (Lipinski definition) is 1. The minimum absolute atomic E-state index is 0.218. The third-order valence-corrected chi connectivity index (χ3v) is 3.12. The average Bonchev–Trinajstić information content (AvgIpc) is 2.38. The van der Waals surface area contributed by atoms with Gasteiger partial charge in [-0.2, -0.15) is 0 Å². The number of aromatic nitrogens is 1. The fraction of sp³-hybridized carbons (Fsp3) is 0.417. The van der Waals surface area contributed by atoms with Gasteiger partial charge in [0.1, 0.15) is 0 Å². The van der Waals surface area contributed by atoms with Gasteiger partial charge in [0.25, 0.3) is 0 Å². The third kappa shape index (κ3) is 2.27. The fourth-order valence-electron chi connectivity index (χ4n) is 2.30. The van der Waals surface area contributed by atoms with Crippen LogP contribution in [0.15, 0.2) is 18.5 Å². The van der Waals surface area contributed by atoms with Crippen LogP contribution in [0, 0.1) is 0 Å². The Morgan fingerprint density at radius 1 is 1.53 bits per heavy atom. The normalized spacial score (nSPS) is 20.0. The Morgan fingerprint density at radius 3 is 3.06 bits per heavy atom. The first kappa shape index (κ1) is 11.6. The molecule has 1 N–H and O–H groups in total. The van der Waals surface area contributed by atoms with Crippen molar-refractivity contribution in [1.82, 2.24) is 9.88 Å². The van der Waals surface area contributed by atoms with Gasteiger partial charge < -0.3 is 10.0 Å². The number of aldehydes is 1. The van der Waals surface area contributed by atoms with Crippen molar-refractivity contribution < 1.29 is 14.7 Å². The number of nitrogens with zero attached hydrogens (tertiary/aromatic N) is 2. The van der Waals surface area contributed by atoms with E-state index in [4.69, 9.17) is 5.11 Å². The first-order valence-electron chi connectivity index (χ1n) is 5.62. The summed E-state index contributed by atoms with van der Waals surface area (Å²) >= 11 is 0. The summed E-state index contributed by atoms with van der Waals surface area (Å²) in [6, 6.07) is 1.51. The molecule has 0 aliphatic carbocycles. The summed E-state index contributed by atoms with van der Waals surface area (Å²) < 4.78 is 0. The lowest BCUT2D eigenvalue weighted by molar-refractivity contribution is 0.104. The molecule has 1 saturated heterocycles. The van der Waals surface area contributed by atoms with Crippen LogP contribution in [0.4, 0.5) is 4.79 Å². The van der Waals surface area contributed by atoms with Crippen LogP contribution in [0.5, 0.6) is 0 Å². The van der Waals surface area contributed by atoms with Crippen molar-refractivity contribution in [3.63, 3.8) is 0 Å². The summed E-state index contributed by atoms with van der Waals surface area (Å²) in [6.07, 6.45) is 5.50. The van der Waals surface area contributed by atoms with Gasteiger partial charge in [-0.15, -0.1) is 0 Å². The van der Waals surface area contributed by atoms with E-state index in [9.17, 15) is 9.59 Å². The molecule has 1 aromatic heterocycles. The first-order chi connectivity index (χ1) is 8.24. The van der Waals surface area contributed by atoms with Crippen molar-refractivity contribution in [1.29, 1.82) is 0 Å². The molecule has 0 spiro atoms. The van der Waals surface area contributed by atoms with Crippen molar-refractivity contribution in [3.05, 3.63) is 29.6 Å². The van der Waals surface area contributed by atoms with E-state index in [-0.39, 0.29) is 6.04 Å². The highest BCUT2D eigenvalue weighted by Gasteiger charge is 2.29. The average molecular weight is 234 g/mol. The van der Waals surface area contributed by atoms with Gasteiger partial charge in [-0.25, -0.2) is 4.79 Å². The molecule has 1 atom stereocenters. The molecule has 1 fully saturated rings. The lowest BCUT2D eigenvalue weighted by Crippen LogP contribution is -2.37. The Labute approximate surface area is 99.1 Å². The predicted molar refractivity (Wildman–Crippen MR) is 60.9 cm³/mol. The van der Waals surface area contributed by atoms with Crippen LogP contribution < -0.4 is 0 Å².